The molecule has 6 atom stereocenters. The van der Waals surface area contributed by atoms with Crippen molar-refractivity contribution in [2.75, 3.05) is 39.3 Å². The molecule has 5 N–H and O–H groups in total. The number of nitrogens with zero attached hydrogens (tertiary/aromatic N) is 3. The van der Waals surface area contributed by atoms with E-state index in [1.165, 1.54) is 9.80 Å². The second kappa shape index (κ2) is 26.5. The lowest BCUT2D eigenvalue weighted by molar-refractivity contribution is -0.150. The number of ether oxygens (including phenoxy) is 2. The van der Waals surface area contributed by atoms with Gasteiger partial charge in [0.05, 0.1) is 18.5 Å². The van der Waals surface area contributed by atoms with E-state index in [2.05, 4.69) is 10.6 Å². The number of hydrogen-bond acceptors (Lipinski definition) is 13. The molecule has 4 fully saturated rings. The van der Waals surface area contributed by atoms with Gasteiger partial charge in [-0.25, -0.2) is 19.2 Å². The molecule has 0 radical (unpaired) electrons. The molecule has 4 aliphatic rings. The van der Waals surface area contributed by atoms with Crippen molar-refractivity contribution in [3.8, 4) is 0 Å². The summed E-state index contributed by atoms with van der Waals surface area (Å²) >= 11 is 0. The lowest BCUT2D eigenvalue weighted by Crippen LogP contribution is -2.60. The predicted octanol–water partition coefficient (Wildman–Crippen LogP) is 5.79. The fraction of sp³-hybridized carbons (Fsp3) is 0.623. The molecule has 4 saturated heterocycles. The number of carbonyl (C=O) groups excluding carboxylic acids is 5. The number of likely N-dealkylation sites (tertiary alicyclic amines) is 3. The zero-order chi connectivity index (χ0) is 56.2. The highest BCUT2D eigenvalue weighted by Crippen LogP contribution is 2.41. The van der Waals surface area contributed by atoms with E-state index >= 15 is 0 Å². The number of carbonyl (C=O) groups is 8. The maximum atomic E-state index is 13.4. The molecule has 4 heterocycles. The Morgan fingerprint density at radius 3 is 1.18 bits per heavy atom. The quantitative estimate of drug-likeness (QED) is 0.0778. The summed E-state index contributed by atoms with van der Waals surface area (Å²) in [5.41, 5.74) is -3.53. The number of alkyl carbamates (subject to hydrolysis) is 2. The summed E-state index contributed by atoms with van der Waals surface area (Å²) in [6, 6.07) is 17.8. The van der Waals surface area contributed by atoms with Gasteiger partial charge in [-0.15, -0.1) is 0 Å². The van der Waals surface area contributed by atoms with Crippen LogP contribution in [-0.2, 0) is 65.2 Å². The lowest BCUT2D eigenvalue weighted by atomic mass is 9.63. The standard InChI is InChI=1S/C53H76B3N5O16/c1-35(2)43(62)59-27-40(51(7,32-59)46(65)66)21-14-24-54-75-55(25-15-22-41-28-60(44(63)36(3)4)33-52(41,47(67)68)57-49(71)73-30-38-17-10-8-11-18-38)77-56(76-54)26-16-23-42-29-61(45(64)37(5)6)34-53(42,48(69)70)58-50(72)74-31-39-19-12-9-13-20-39/h8-13,17-20,35-37,40-42H,14-16,21-34H2,1-7H3,(H,57,71)(H,58,72)(H,65,66)(H,67,68)(H,69,70)/t40-,41-,42-,51+,52-,53-/m0/s1. The molecular weight excluding hydrogens is 995 g/mol. The van der Waals surface area contributed by atoms with Gasteiger partial charge in [0.2, 0.25) is 17.7 Å². The number of aliphatic carboxylic acids is 3. The fourth-order valence-corrected chi connectivity index (χ4v) is 11.2. The number of nitrogens with one attached hydrogen (secondary N) is 2. The Morgan fingerprint density at radius 2 is 0.857 bits per heavy atom. The van der Waals surface area contributed by atoms with Crippen molar-refractivity contribution in [1.82, 2.24) is 25.3 Å². The lowest BCUT2D eigenvalue weighted by Gasteiger charge is -2.33. The van der Waals surface area contributed by atoms with Gasteiger partial charge in [0.15, 0.2) is 11.1 Å². The largest absolute Gasteiger partial charge is 0.481 e. The molecule has 0 bridgehead atoms. The van der Waals surface area contributed by atoms with E-state index in [9.17, 15) is 53.7 Å². The Balaban J connectivity index is 1.17. The molecule has 0 spiro atoms. The molecule has 2 aromatic rings. The van der Waals surface area contributed by atoms with Gasteiger partial charge in [-0.1, -0.05) is 121 Å². The maximum Gasteiger partial charge on any atom is 0.429 e. The van der Waals surface area contributed by atoms with Crippen molar-refractivity contribution >= 4 is 69.2 Å². The minimum absolute atomic E-state index is 0.0540. The first-order chi connectivity index (χ1) is 36.5. The Bertz CT molecular complexity index is 2280. The molecule has 0 unspecified atom stereocenters. The van der Waals surface area contributed by atoms with Crippen LogP contribution in [-0.4, -0.2) is 150 Å². The highest BCUT2D eigenvalue weighted by Gasteiger charge is 2.57. The molecule has 0 aromatic heterocycles. The van der Waals surface area contributed by atoms with E-state index in [1.807, 2.05) is 12.1 Å². The molecule has 4 aliphatic heterocycles. The van der Waals surface area contributed by atoms with Gasteiger partial charge < -0.3 is 63.8 Å². The van der Waals surface area contributed by atoms with Crippen LogP contribution in [0.15, 0.2) is 60.7 Å². The molecule has 0 aliphatic carbocycles. The molecule has 21 nitrogen and oxygen atoms in total. The van der Waals surface area contributed by atoms with Crippen LogP contribution in [0.2, 0.25) is 19.0 Å². The van der Waals surface area contributed by atoms with Crippen LogP contribution in [0.5, 0.6) is 0 Å². The number of rotatable bonds is 24. The summed E-state index contributed by atoms with van der Waals surface area (Å²) in [6.07, 6.45) is 0.887. The van der Waals surface area contributed by atoms with E-state index in [0.717, 1.165) is 0 Å². The van der Waals surface area contributed by atoms with Gasteiger partial charge in [0.1, 0.15) is 13.2 Å². The van der Waals surface area contributed by atoms with Gasteiger partial charge in [-0.3, -0.25) is 19.2 Å². The summed E-state index contributed by atoms with van der Waals surface area (Å²) in [7, 11) is -2.63. The molecule has 6 rings (SSSR count). The molecule has 5 amide bonds. The van der Waals surface area contributed by atoms with Crippen molar-refractivity contribution in [2.24, 2.45) is 40.9 Å². The van der Waals surface area contributed by atoms with Crippen LogP contribution < -0.4 is 10.6 Å². The Morgan fingerprint density at radius 1 is 0.532 bits per heavy atom. The fourth-order valence-electron chi connectivity index (χ4n) is 11.2. The Labute approximate surface area is 452 Å². The van der Waals surface area contributed by atoms with Gasteiger partial charge in [0.25, 0.3) is 0 Å². The normalized spacial score (nSPS) is 24.4. The van der Waals surface area contributed by atoms with Crippen LogP contribution in [0.4, 0.5) is 9.59 Å². The highest BCUT2D eigenvalue weighted by molar-refractivity contribution is 6.73. The van der Waals surface area contributed by atoms with Crippen molar-refractivity contribution in [2.45, 2.75) is 130 Å². The first-order valence-electron chi connectivity index (χ1n) is 27.0. The van der Waals surface area contributed by atoms with E-state index in [1.54, 1.807) is 102 Å². The van der Waals surface area contributed by atoms with Crippen molar-refractivity contribution in [1.29, 1.82) is 0 Å². The van der Waals surface area contributed by atoms with Crippen LogP contribution in [0.25, 0.3) is 0 Å². The van der Waals surface area contributed by atoms with Gasteiger partial charge in [-0.05, 0) is 62.2 Å². The molecule has 77 heavy (non-hydrogen) atoms. The second-order valence-corrected chi connectivity index (χ2v) is 22.3. The number of carboxylic acid groups (broad SMARTS) is 3. The van der Waals surface area contributed by atoms with E-state index in [-0.39, 0.29) is 108 Å². The van der Waals surface area contributed by atoms with Gasteiger partial charge in [0, 0.05) is 55.8 Å². The smallest absolute Gasteiger partial charge is 0.429 e. The average Bonchev–Trinajstić information content (AvgIpc) is 4.11. The number of amides is 5. The predicted molar refractivity (Wildman–Crippen MR) is 283 cm³/mol. The first kappa shape index (κ1) is 60.1. The SMILES string of the molecule is CC(C)C(=O)N1C[C@H](CCCB2OB(CCC[C@H]3CN(C(=O)C(C)C)C[C@@]3(NC(=O)OCc3ccccc3)C(=O)O)OB(CCC[C@H]3CN(C(=O)C(C)C)C[C@@]3(NC(=O)OCc3ccccc3)C(=O)O)O2)[C@](C)(C(=O)O)C1. The number of benzene rings is 2. The summed E-state index contributed by atoms with van der Waals surface area (Å²) in [5, 5.41) is 37.2. The second-order valence-electron chi connectivity index (χ2n) is 22.3. The first-order valence-corrected chi connectivity index (χ1v) is 27.0. The van der Waals surface area contributed by atoms with E-state index in [0.29, 0.717) is 43.1 Å². The third kappa shape index (κ3) is 14.9. The summed E-state index contributed by atoms with van der Waals surface area (Å²) < 4.78 is 30.1. The molecular formula is C53H76B3N5O16. The van der Waals surface area contributed by atoms with Crippen LogP contribution in [0.3, 0.4) is 0 Å². The topological polar surface area (TPSA) is 277 Å². The summed E-state index contributed by atoms with van der Waals surface area (Å²) in [5.74, 6) is -7.31. The number of hydrogen-bond donors (Lipinski definition) is 5. The zero-order valence-electron chi connectivity index (χ0n) is 45.5. The van der Waals surface area contributed by atoms with Crippen molar-refractivity contribution in [3.05, 3.63) is 71.8 Å². The summed E-state index contributed by atoms with van der Waals surface area (Å²) in [4.78, 5) is 110. The number of carboxylic acids is 3. The Hall–Kier alpha value is -6.13. The van der Waals surface area contributed by atoms with Gasteiger partial charge >= 0.3 is 51.4 Å². The van der Waals surface area contributed by atoms with E-state index < -0.39 is 91.6 Å². The molecule has 2 aromatic carbocycles. The highest BCUT2D eigenvalue weighted by atomic mass is 16.7. The van der Waals surface area contributed by atoms with Crippen LogP contribution >= 0.6 is 0 Å². The zero-order valence-corrected chi connectivity index (χ0v) is 45.5. The molecule has 0 saturated carbocycles. The third-order valence-corrected chi connectivity index (χ3v) is 15.6. The molecule has 418 valence electrons. The van der Waals surface area contributed by atoms with Crippen molar-refractivity contribution < 1.29 is 76.9 Å². The van der Waals surface area contributed by atoms with Gasteiger partial charge in [-0.2, -0.15) is 0 Å². The van der Waals surface area contributed by atoms with Crippen LogP contribution in [0, 0.1) is 40.9 Å². The maximum absolute atomic E-state index is 13.4. The van der Waals surface area contributed by atoms with Crippen molar-refractivity contribution in [3.63, 3.8) is 0 Å². The van der Waals surface area contributed by atoms with Crippen LogP contribution in [0.1, 0.15) is 98.1 Å². The minimum atomic E-state index is -1.88. The van der Waals surface area contributed by atoms with E-state index in [4.69, 9.17) is 23.2 Å². The minimum Gasteiger partial charge on any atom is -0.481 e. The summed E-state index contributed by atoms with van der Waals surface area (Å²) in [6.45, 7) is 11.8. The molecule has 24 heteroatoms. The average molecular weight is 1070 g/mol. The Kier molecular flexibility index (Phi) is 20.7. The third-order valence-electron chi connectivity index (χ3n) is 15.6. The monoisotopic (exact) mass is 1070 g/mol.